The van der Waals surface area contributed by atoms with Crippen molar-refractivity contribution in [2.45, 2.75) is 32.7 Å². The molecule has 0 saturated carbocycles. The highest BCUT2D eigenvalue weighted by Gasteiger charge is 2.43. The van der Waals surface area contributed by atoms with Crippen LogP contribution in [0.4, 0.5) is 10.5 Å². The van der Waals surface area contributed by atoms with Gasteiger partial charge in [-0.15, -0.1) is 0 Å². The molecule has 23 heavy (non-hydrogen) atoms. The summed E-state index contributed by atoms with van der Waals surface area (Å²) in [6.45, 7) is 3.66. The second-order valence-corrected chi connectivity index (χ2v) is 5.64. The van der Waals surface area contributed by atoms with E-state index in [2.05, 4.69) is 6.07 Å². The number of amides is 3. The van der Waals surface area contributed by atoms with Crippen LogP contribution >= 0.6 is 0 Å². The summed E-state index contributed by atoms with van der Waals surface area (Å²) in [5.74, 6) is -0.833. The summed E-state index contributed by atoms with van der Waals surface area (Å²) >= 11 is 0. The second-order valence-electron chi connectivity index (χ2n) is 5.64. The van der Waals surface area contributed by atoms with E-state index in [1.165, 1.54) is 4.90 Å². The van der Waals surface area contributed by atoms with E-state index in [1.807, 2.05) is 25.1 Å². The van der Waals surface area contributed by atoms with E-state index in [-0.39, 0.29) is 18.9 Å². The molecule has 1 aliphatic heterocycles. The SMILES string of the molecule is Cc1ccc(N2C(=O)N(C[C@@H](C#N)CCC#N)C(=O)[C@H]2C)cc1. The van der Waals surface area contributed by atoms with E-state index in [4.69, 9.17) is 10.5 Å². The average molecular weight is 310 g/mol. The van der Waals surface area contributed by atoms with Gasteiger partial charge in [0.15, 0.2) is 0 Å². The maximum atomic E-state index is 12.6. The molecule has 1 fully saturated rings. The van der Waals surface area contributed by atoms with Crippen LogP contribution in [0.15, 0.2) is 24.3 Å². The summed E-state index contributed by atoms with van der Waals surface area (Å²) in [4.78, 5) is 27.5. The Labute approximate surface area is 135 Å². The van der Waals surface area contributed by atoms with Gasteiger partial charge in [-0.1, -0.05) is 17.7 Å². The first kappa shape index (κ1) is 16.5. The largest absolute Gasteiger partial charge is 0.332 e. The molecule has 1 saturated heterocycles. The predicted octanol–water partition coefficient (Wildman–Crippen LogP) is 2.60. The molecule has 3 amide bonds. The molecule has 1 aromatic rings. The van der Waals surface area contributed by atoms with Crippen LogP contribution in [-0.2, 0) is 4.79 Å². The highest BCUT2D eigenvalue weighted by molar-refractivity contribution is 6.14. The van der Waals surface area contributed by atoms with Crippen LogP contribution in [0.5, 0.6) is 0 Å². The van der Waals surface area contributed by atoms with E-state index in [1.54, 1.807) is 19.1 Å². The van der Waals surface area contributed by atoms with E-state index >= 15 is 0 Å². The first-order valence-corrected chi connectivity index (χ1v) is 7.47. The number of carbonyl (C=O) groups is 2. The zero-order valence-electron chi connectivity index (χ0n) is 13.2. The smallest absolute Gasteiger partial charge is 0.282 e. The zero-order chi connectivity index (χ0) is 17.0. The highest BCUT2D eigenvalue weighted by Crippen LogP contribution is 2.27. The van der Waals surface area contributed by atoms with Crippen LogP contribution in [-0.4, -0.2) is 29.4 Å². The van der Waals surface area contributed by atoms with E-state index < -0.39 is 18.0 Å². The monoisotopic (exact) mass is 310 g/mol. The molecule has 6 heteroatoms. The predicted molar refractivity (Wildman–Crippen MR) is 84.2 cm³/mol. The van der Waals surface area contributed by atoms with Crippen molar-refractivity contribution in [3.8, 4) is 12.1 Å². The number of aryl methyl sites for hydroxylation is 1. The lowest BCUT2D eigenvalue weighted by atomic mass is 10.1. The molecule has 2 atom stereocenters. The van der Waals surface area contributed by atoms with Crippen molar-refractivity contribution in [3.63, 3.8) is 0 Å². The standard InChI is InChI=1S/C17H18N4O2/c1-12-5-7-15(8-6-12)21-13(2)16(22)20(17(21)23)11-14(10-19)4-3-9-18/h5-8,13-14H,3-4,11H2,1-2H3/t13-,14-/m1/s1. The van der Waals surface area contributed by atoms with Crippen LogP contribution < -0.4 is 4.90 Å². The van der Waals surface area contributed by atoms with Gasteiger partial charge in [0.2, 0.25) is 0 Å². The quantitative estimate of drug-likeness (QED) is 0.782. The molecule has 0 spiro atoms. The minimum absolute atomic E-state index is 0.0303. The Kier molecular flexibility index (Phi) is 4.98. The lowest BCUT2D eigenvalue weighted by Gasteiger charge is -2.20. The van der Waals surface area contributed by atoms with Gasteiger partial charge in [0.05, 0.1) is 18.1 Å². The summed E-state index contributed by atoms with van der Waals surface area (Å²) in [5.41, 5.74) is 1.73. The Morgan fingerprint density at radius 3 is 2.43 bits per heavy atom. The van der Waals surface area contributed by atoms with Crippen molar-refractivity contribution in [1.82, 2.24) is 4.90 Å². The minimum atomic E-state index is -0.597. The lowest BCUT2D eigenvalue weighted by molar-refractivity contribution is -0.127. The van der Waals surface area contributed by atoms with Gasteiger partial charge in [0.25, 0.3) is 5.91 Å². The molecule has 1 heterocycles. The molecule has 1 aromatic carbocycles. The topological polar surface area (TPSA) is 88.2 Å². The number of hydrogen-bond acceptors (Lipinski definition) is 4. The normalized spacial score (nSPS) is 18.7. The third-order valence-electron chi connectivity index (χ3n) is 3.95. The number of hydrogen-bond donors (Lipinski definition) is 0. The van der Waals surface area contributed by atoms with Gasteiger partial charge in [-0.3, -0.25) is 14.6 Å². The van der Waals surface area contributed by atoms with Crippen molar-refractivity contribution >= 4 is 17.6 Å². The molecule has 0 aromatic heterocycles. The Morgan fingerprint density at radius 1 is 1.22 bits per heavy atom. The highest BCUT2D eigenvalue weighted by atomic mass is 16.2. The van der Waals surface area contributed by atoms with Crippen LogP contribution in [0.2, 0.25) is 0 Å². The summed E-state index contributed by atoms with van der Waals surface area (Å²) in [6.07, 6.45) is 0.578. The number of benzene rings is 1. The maximum Gasteiger partial charge on any atom is 0.332 e. The molecule has 0 aliphatic carbocycles. The molecule has 6 nitrogen and oxygen atoms in total. The van der Waals surface area contributed by atoms with Crippen molar-refractivity contribution in [1.29, 1.82) is 10.5 Å². The van der Waals surface area contributed by atoms with Crippen molar-refractivity contribution in [2.24, 2.45) is 5.92 Å². The second kappa shape index (κ2) is 6.93. The molecule has 0 bridgehead atoms. The molecular formula is C17H18N4O2. The van der Waals surface area contributed by atoms with Crippen molar-refractivity contribution < 1.29 is 9.59 Å². The fourth-order valence-corrected chi connectivity index (χ4v) is 2.59. The van der Waals surface area contributed by atoms with E-state index in [0.717, 1.165) is 10.5 Å². The number of urea groups is 1. The number of carbonyl (C=O) groups excluding carboxylic acids is 2. The maximum absolute atomic E-state index is 12.6. The van der Waals surface area contributed by atoms with Crippen molar-refractivity contribution in [3.05, 3.63) is 29.8 Å². The number of nitriles is 2. The Bertz CT molecular complexity index is 684. The summed E-state index contributed by atoms with van der Waals surface area (Å²) in [6, 6.07) is 10.4. The minimum Gasteiger partial charge on any atom is -0.282 e. The third kappa shape index (κ3) is 3.32. The summed E-state index contributed by atoms with van der Waals surface area (Å²) in [7, 11) is 0. The van der Waals surface area contributed by atoms with E-state index in [9.17, 15) is 9.59 Å². The first-order chi connectivity index (χ1) is 11.0. The molecule has 1 aliphatic rings. The number of nitrogens with zero attached hydrogens (tertiary/aromatic N) is 4. The Morgan fingerprint density at radius 2 is 1.87 bits per heavy atom. The van der Waals surface area contributed by atoms with Crippen LogP contribution in [0.25, 0.3) is 0 Å². The third-order valence-corrected chi connectivity index (χ3v) is 3.95. The Balaban J connectivity index is 2.19. The summed E-state index contributed by atoms with van der Waals surface area (Å²) < 4.78 is 0. The molecule has 0 unspecified atom stereocenters. The van der Waals surface area contributed by atoms with Crippen molar-refractivity contribution in [2.75, 3.05) is 11.4 Å². The van der Waals surface area contributed by atoms with Gasteiger partial charge in [0, 0.05) is 18.7 Å². The average Bonchev–Trinajstić information content (AvgIpc) is 2.75. The number of imide groups is 1. The lowest BCUT2D eigenvalue weighted by Crippen LogP contribution is -2.36. The first-order valence-electron chi connectivity index (χ1n) is 7.47. The summed E-state index contributed by atoms with van der Waals surface area (Å²) in [5, 5.41) is 17.8. The van der Waals surface area contributed by atoms with Crippen LogP contribution in [0.1, 0.15) is 25.3 Å². The van der Waals surface area contributed by atoms with Gasteiger partial charge < -0.3 is 0 Å². The molecular weight excluding hydrogens is 292 g/mol. The fraction of sp³-hybridized carbons (Fsp3) is 0.412. The molecule has 0 radical (unpaired) electrons. The molecule has 118 valence electrons. The van der Waals surface area contributed by atoms with Gasteiger partial charge in [0.1, 0.15) is 6.04 Å². The van der Waals surface area contributed by atoms with Gasteiger partial charge in [-0.2, -0.15) is 10.5 Å². The molecule has 0 N–H and O–H groups in total. The Hall–Kier alpha value is -2.86. The number of anilines is 1. The van der Waals surface area contributed by atoms with Crippen LogP contribution in [0.3, 0.4) is 0 Å². The van der Waals surface area contributed by atoms with Gasteiger partial charge >= 0.3 is 6.03 Å². The van der Waals surface area contributed by atoms with Gasteiger partial charge in [-0.05, 0) is 32.4 Å². The number of rotatable bonds is 5. The fourth-order valence-electron chi connectivity index (χ4n) is 2.59. The van der Waals surface area contributed by atoms with Crippen LogP contribution in [0, 0.1) is 35.5 Å². The zero-order valence-corrected chi connectivity index (χ0v) is 13.2. The molecule has 2 rings (SSSR count). The van der Waals surface area contributed by atoms with E-state index in [0.29, 0.717) is 12.1 Å². The van der Waals surface area contributed by atoms with Gasteiger partial charge in [-0.25, -0.2) is 4.79 Å².